The summed E-state index contributed by atoms with van der Waals surface area (Å²) in [6.45, 7) is 2.65. The van der Waals surface area contributed by atoms with Crippen molar-refractivity contribution in [3.63, 3.8) is 0 Å². The van der Waals surface area contributed by atoms with Crippen molar-refractivity contribution < 1.29 is 32.9 Å². The lowest BCUT2D eigenvalue weighted by molar-refractivity contribution is -0.385. The van der Waals surface area contributed by atoms with Crippen LogP contribution in [0.3, 0.4) is 0 Å². The fraction of sp³-hybridized carbons (Fsp3) is 0.433. The Bertz CT molecular complexity index is 1700. The van der Waals surface area contributed by atoms with Crippen LogP contribution in [0.2, 0.25) is 0 Å². The molecule has 2 saturated heterocycles. The number of thioether (sulfide) groups is 1. The van der Waals surface area contributed by atoms with Crippen LogP contribution >= 0.6 is 11.8 Å². The van der Waals surface area contributed by atoms with Crippen LogP contribution in [-0.2, 0) is 27.8 Å². The van der Waals surface area contributed by atoms with E-state index in [0.717, 1.165) is 33.3 Å². The SMILES string of the molecule is CC(O)[C@H]1CN2C(Cc3ccc([N+](=O)[O-])cc3)=C(S[C@H]3CC(=CNN(C)S(C)(=O)=O)N(C(=O)OCc4ccc([N+](=O)[O-])cc4)C3)C[C@H]12. The standard InChI is InChI=1S/C30H36N6O9S2/c1-19(37)26-17-34-27(26)14-29(28(34)12-20-4-8-22(9-5-20)35(39)40)46-25-13-24(15-31-32(2)47(3,43)44)33(16-25)30(38)45-18-21-6-10-23(11-7-21)36(41)42/h4-11,15,19,25-27,31,37H,12-14,16-18H2,1-3H3/t19?,25-,26+,27+/m0/s1. The Balaban J connectivity index is 1.34. The molecule has 15 nitrogen and oxygen atoms in total. The number of sulfonamides is 1. The zero-order valence-electron chi connectivity index (χ0n) is 26.0. The molecule has 2 aromatic rings. The molecule has 3 aliphatic heterocycles. The molecule has 47 heavy (non-hydrogen) atoms. The van der Waals surface area contributed by atoms with Crippen molar-refractivity contribution in [2.24, 2.45) is 5.92 Å². The first kappa shape index (κ1) is 34.2. The molecule has 0 spiro atoms. The van der Waals surface area contributed by atoms with Crippen molar-refractivity contribution in [2.45, 2.75) is 50.2 Å². The fourth-order valence-electron chi connectivity index (χ4n) is 5.87. The van der Waals surface area contributed by atoms with Gasteiger partial charge in [0.2, 0.25) is 10.0 Å². The summed E-state index contributed by atoms with van der Waals surface area (Å²) in [6, 6.07) is 12.3. The maximum atomic E-state index is 13.3. The lowest BCUT2D eigenvalue weighted by Crippen LogP contribution is -2.56. The predicted octanol–water partition coefficient (Wildman–Crippen LogP) is 3.72. The van der Waals surface area contributed by atoms with E-state index in [1.165, 1.54) is 54.5 Å². The number of amides is 1. The minimum Gasteiger partial charge on any atom is -0.444 e. The third-order valence-electron chi connectivity index (χ3n) is 8.62. The van der Waals surface area contributed by atoms with Crippen LogP contribution < -0.4 is 5.43 Å². The van der Waals surface area contributed by atoms with E-state index in [1.54, 1.807) is 30.8 Å². The minimum absolute atomic E-state index is 0.0145. The van der Waals surface area contributed by atoms with E-state index in [1.807, 2.05) is 0 Å². The largest absolute Gasteiger partial charge is 0.444 e. The number of fused-ring (bicyclic) bond motifs is 1. The van der Waals surface area contributed by atoms with E-state index < -0.39 is 32.1 Å². The second-order valence-corrected chi connectivity index (χ2v) is 15.2. The number of benzene rings is 2. The van der Waals surface area contributed by atoms with E-state index in [2.05, 4.69) is 10.3 Å². The number of aliphatic hydroxyl groups is 1. The Morgan fingerprint density at radius 3 is 2.23 bits per heavy atom. The first-order valence-electron chi connectivity index (χ1n) is 14.8. The molecule has 0 bridgehead atoms. The second kappa shape index (κ2) is 13.9. The molecule has 2 N–H and O–H groups in total. The van der Waals surface area contributed by atoms with E-state index in [9.17, 15) is 38.5 Å². The minimum atomic E-state index is -3.56. The van der Waals surface area contributed by atoms with Crippen LogP contribution in [0.5, 0.6) is 0 Å². The van der Waals surface area contributed by atoms with E-state index in [-0.39, 0.29) is 41.7 Å². The van der Waals surface area contributed by atoms with Crippen LogP contribution in [0.25, 0.3) is 0 Å². The van der Waals surface area contributed by atoms with Gasteiger partial charge in [-0.25, -0.2) is 13.2 Å². The summed E-state index contributed by atoms with van der Waals surface area (Å²) in [5.74, 6) is 0.112. The number of aliphatic hydroxyl groups excluding tert-OH is 1. The first-order valence-corrected chi connectivity index (χ1v) is 17.6. The smallest absolute Gasteiger partial charge is 0.414 e. The van der Waals surface area contributed by atoms with E-state index in [0.29, 0.717) is 30.6 Å². The summed E-state index contributed by atoms with van der Waals surface area (Å²) in [6.07, 6.45) is 3.09. The summed E-state index contributed by atoms with van der Waals surface area (Å²) >= 11 is 1.63. The zero-order valence-corrected chi connectivity index (χ0v) is 27.6. The van der Waals surface area contributed by atoms with Gasteiger partial charge in [0.1, 0.15) is 6.61 Å². The Hall–Kier alpha value is -4.19. The summed E-state index contributed by atoms with van der Waals surface area (Å²) in [5.41, 5.74) is 5.75. The van der Waals surface area contributed by atoms with E-state index >= 15 is 0 Å². The van der Waals surface area contributed by atoms with Gasteiger partial charge in [-0.2, -0.15) is 0 Å². The fourth-order valence-corrected chi connectivity index (χ4v) is 7.59. The number of carbonyl (C=O) groups is 1. The number of ether oxygens (including phenoxy) is 1. The van der Waals surface area contributed by atoms with Gasteiger partial charge in [-0.15, -0.1) is 16.2 Å². The van der Waals surface area contributed by atoms with Crippen molar-refractivity contribution in [2.75, 3.05) is 26.4 Å². The quantitative estimate of drug-likeness (QED) is 0.243. The molecule has 17 heteroatoms. The normalized spacial score (nSPS) is 22.3. The van der Waals surface area contributed by atoms with Gasteiger partial charge in [-0.05, 0) is 30.2 Å². The Labute approximate surface area is 276 Å². The number of non-ortho nitro benzene ring substituents is 2. The number of rotatable bonds is 12. The molecular weight excluding hydrogens is 652 g/mol. The maximum absolute atomic E-state index is 13.3. The summed E-state index contributed by atoms with van der Waals surface area (Å²) in [7, 11) is -2.21. The van der Waals surface area contributed by atoms with Crippen molar-refractivity contribution in [1.29, 1.82) is 0 Å². The predicted molar refractivity (Wildman–Crippen MR) is 174 cm³/mol. The number of hydrogen-bond acceptors (Lipinski definition) is 12. The highest BCUT2D eigenvalue weighted by Gasteiger charge is 2.48. The van der Waals surface area contributed by atoms with Crippen molar-refractivity contribution in [3.05, 3.63) is 102 Å². The highest BCUT2D eigenvalue weighted by molar-refractivity contribution is 8.03. The monoisotopic (exact) mass is 688 g/mol. The molecule has 252 valence electrons. The third kappa shape index (κ3) is 7.86. The Morgan fingerprint density at radius 1 is 1.09 bits per heavy atom. The molecule has 0 aliphatic carbocycles. The molecule has 2 fully saturated rings. The average Bonchev–Trinajstić information content (AvgIpc) is 3.52. The average molecular weight is 689 g/mol. The van der Waals surface area contributed by atoms with Gasteiger partial charge < -0.3 is 20.2 Å². The number of hydrogen-bond donors (Lipinski definition) is 2. The maximum Gasteiger partial charge on any atom is 0.414 e. The molecule has 1 amide bonds. The van der Waals surface area contributed by atoms with Crippen LogP contribution in [0, 0.1) is 26.1 Å². The summed E-state index contributed by atoms with van der Waals surface area (Å²) < 4.78 is 30.4. The number of allylic oxidation sites excluding steroid dienone is 2. The van der Waals surface area contributed by atoms with Crippen molar-refractivity contribution in [3.8, 4) is 0 Å². The van der Waals surface area contributed by atoms with Gasteiger partial charge in [0.15, 0.2) is 0 Å². The molecule has 4 atom stereocenters. The number of nitrogens with zero attached hydrogens (tertiary/aromatic N) is 5. The van der Waals surface area contributed by atoms with Crippen LogP contribution in [0.4, 0.5) is 16.2 Å². The molecule has 0 saturated carbocycles. The van der Waals surface area contributed by atoms with E-state index in [4.69, 9.17) is 4.74 Å². The molecule has 5 rings (SSSR count). The lowest BCUT2D eigenvalue weighted by atomic mass is 9.84. The summed E-state index contributed by atoms with van der Waals surface area (Å²) in [5, 5.41) is 32.4. The van der Waals surface area contributed by atoms with Gasteiger partial charge in [0.05, 0.1) is 22.2 Å². The number of likely N-dealkylation sites (tertiary alicyclic amines) is 1. The molecule has 3 aliphatic rings. The zero-order chi connectivity index (χ0) is 34.0. The van der Waals surface area contributed by atoms with Crippen LogP contribution in [0.15, 0.2) is 71.0 Å². The topological polar surface area (TPSA) is 189 Å². The Morgan fingerprint density at radius 2 is 1.68 bits per heavy atom. The second-order valence-electron chi connectivity index (χ2n) is 11.8. The third-order valence-corrected chi connectivity index (χ3v) is 11.1. The highest BCUT2D eigenvalue weighted by Crippen LogP contribution is 2.49. The number of nitro groups is 2. The van der Waals surface area contributed by atoms with Gasteiger partial charge in [0.25, 0.3) is 11.4 Å². The molecule has 1 unspecified atom stereocenters. The molecule has 0 aromatic heterocycles. The Kier molecular flexibility index (Phi) is 10.1. The molecule has 3 heterocycles. The lowest BCUT2D eigenvalue weighted by Gasteiger charge is -2.48. The van der Waals surface area contributed by atoms with Gasteiger partial charge in [0, 0.05) is 103 Å². The number of hydrazine groups is 1. The highest BCUT2D eigenvalue weighted by atomic mass is 32.2. The number of nitrogens with one attached hydrogen (secondary N) is 1. The molecular formula is C30H36N6O9S2. The summed E-state index contributed by atoms with van der Waals surface area (Å²) in [4.78, 5) is 39.3. The van der Waals surface area contributed by atoms with Crippen LogP contribution in [0.1, 0.15) is 30.9 Å². The number of nitro benzene ring substituents is 2. The molecule has 0 radical (unpaired) electrons. The van der Waals surface area contributed by atoms with Crippen molar-refractivity contribution in [1.82, 2.24) is 19.6 Å². The number of carbonyl (C=O) groups excluding carboxylic acids is 1. The van der Waals surface area contributed by atoms with Crippen LogP contribution in [-0.4, -0.2) is 87.5 Å². The molecule has 2 aromatic carbocycles. The van der Waals surface area contributed by atoms with Crippen molar-refractivity contribution >= 4 is 39.3 Å². The van der Waals surface area contributed by atoms with Gasteiger partial charge in [-0.1, -0.05) is 12.1 Å². The first-order chi connectivity index (χ1) is 22.2. The van der Waals surface area contributed by atoms with Gasteiger partial charge in [-0.3, -0.25) is 25.1 Å². The van der Waals surface area contributed by atoms with Gasteiger partial charge >= 0.3 is 6.09 Å².